The van der Waals surface area contributed by atoms with Crippen LogP contribution in [0.2, 0.25) is 0 Å². The summed E-state index contributed by atoms with van der Waals surface area (Å²) in [4.78, 5) is 23.3. The molecule has 132 valence electrons. The Bertz CT molecular complexity index is 703. The first kappa shape index (κ1) is 18.5. The van der Waals surface area contributed by atoms with Crippen molar-refractivity contribution in [3.8, 4) is 16.9 Å². The number of nitrogens with one attached hydrogen (secondary N) is 1. The average molecular weight is 341 g/mol. The molecule has 0 saturated carbocycles. The van der Waals surface area contributed by atoms with Crippen molar-refractivity contribution in [3.63, 3.8) is 0 Å². The molecule has 1 N–H and O–H groups in total. The highest BCUT2D eigenvalue weighted by Crippen LogP contribution is 2.22. The fourth-order valence-corrected chi connectivity index (χ4v) is 2.00. The Hall–Kier alpha value is -2.82. The molecule has 25 heavy (non-hydrogen) atoms. The zero-order chi connectivity index (χ0) is 18.3. The zero-order valence-corrected chi connectivity index (χ0v) is 14.7. The Morgan fingerprint density at radius 3 is 2.12 bits per heavy atom. The highest BCUT2D eigenvalue weighted by Gasteiger charge is 2.22. The van der Waals surface area contributed by atoms with Crippen molar-refractivity contribution in [1.82, 2.24) is 5.32 Å². The number of hydrogen-bond donors (Lipinski definition) is 1. The minimum Gasteiger partial charge on any atom is -0.463 e. The second-order valence-electron chi connectivity index (χ2n) is 6.59. The van der Waals surface area contributed by atoms with Crippen molar-refractivity contribution in [3.05, 3.63) is 54.6 Å². The third-order valence-corrected chi connectivity index (χ3v) is 3.39. The van der Waals surface area contributed by atoms with E-state index in [1.165, 1.54) is 0 Å². The van der Waals surface area contributed by atoms with Gasteiger partial charge in [-0.3, -0.25) is 4.79 Å². The summed E-state index contributed by atoms with van der Waals surface area (Å²) in [7, 11) is 0. The molecule has 5 nitrogen and oxygen atoms in total. The van der Waals surface area contributed by atoms with Crippen LogP contribution < -0.4 is 10.1 Å². The van der Waals surface area contributed by atoms with Gasteiger partial charge in [-0.15, -0.1) is 0 Å². The van der Waals surface area contributed by atoms with E-state index in [0.717, 1.165) is 11.1 Å². The molecule has 0 fully saturated rings. The van der Waals surface area contributed by atoms with Gasteiger partial charge in [0.25, 0.3) is 0 Å². The summed E-state index contributed by atoms with van der Waals surface area (Å²) in [6, 6.07) is 17.2. The monoisotopic (exact) mass is 341 g/mol. The van der Waals surface area contributed by atoms with Crippen molar-refractivity contribution in [2.24, 2.45) is 5.41 Å². The molecule has 2 aromatic carbocycles. The van der Waals surface area contributed by atoms with Gasteiger partial charge in [-0.05, 0) is 44.0 Å². The van der Waals surface area contributed by atoms with E-state index < -0.39 is 11.5 Å². The largest absolute Gasteiger partial charge is 0.463 e. The number of carbonyl (C=O) groups excluding carboxylic acids is 2. The lowest BCUT2D eigenvalue weighted by molar-refractivity contribution is -0.152. The van der Waals surface area contributed by atoms with E-state index >= 15 is 0 Å². The highest BCUT2D eigenvalue weighted by atomic mass is 16.6. The number of ether oxygens (including phenoxy) is 2. The summed E-state index contributed by atoms with van der Waals surface area (Å²) >= 11 is 0. The summed E-state index contributed by atoms with van der Waals surface area (Å²) in [5.41, 5.74) is 1.59. The summed E-state index contributed by atoms with van der Waals surface area (Å²) in [5.74, 6) is 0.142. The molecule has 2 aromatic rings. The maximum atomic E-state index is 11.7. The van der Waals surface area contributed by atoms with Crippen molar-refractivity contribution < 1.29 is 19.1 Å². The third kappa shape index (κ3) is 5.95. The van der Waals surface area contributed by atoms with Crippen LogP contribution in [0.15, 0.2) is 54.6 Å². The zero-order valence-electron chi connectivity index (χ0n) is 14.7. The van der Waals surface area contributed by atoms with Crippen LogP contribution in [0.5, 0.6) is 5.75 Å². The molecule has 0 bridgehead atoms. The van der Waals surface area contributed by atoms with Crippen LogP contribution >= 0.6 is 0 Å². The fourth-order valence-electron chi connectivity index (χ4n) is 2.00. The summed E-state index contributed by atoms with van der Waals surface area (Å²) < 4.78 is 10.3. The first-order valence-corrected chi connectivity index (χ1v) is 8.14. The van der Waals surface area contributed by atoms with E-state index in [9.17, 15) is 9.59 Å². The number of amides is 1. The topological polar surface area (TPSA) is 64.6 Å². The molecular weight excluding hydrogens is 318 g/mol. The van der Waals surface area contributed by atoms with Crippen molar-refractivity contribution >= 4 is 12.1 Å². The van der Waals surface area contributed by atoms with Gasteiger partial charge in [0.05, 0.1) is 12.0 Å². The lowest BCUT2D eigenvalue weighted by atomic mass is 9.97. The number of benzene rings is 2. The SMILES string of the molecule is CC(C)(C)C(=O)OCCNC(=O)Oc1ccc(-c2ccccc2)cc1. The Kier molecular flexibility index (Phi) is 6.17. The maximum Gasteiger partial charge on any atom is 0.412 e. The second kappa shape index (κ2) is 8.33. The van der Waals surface area contributed by atoms with Gasteiger partial charge < -0.3 is 14.8 Å². The quantitative estimate of drug-likeness (QED) is 0.659. The van der Waals surface area contributed by atoms with E-state index in [4.69, 9.17) is 9.47 Å². The van der Waals surface area contributed by atoms with Gasteiger partial charge in [0.2, 0.25) is 0 Å². The standard InChI is InChI=1S/C20H23NO4/c1-20(2,3)18(22)24-14-13-21-19(23)25-17-11-9-16(10-12-17)15-7-5-4-6-8-15/h4-12H,13-14H2,1-3H3,(H,21,23). The van der Waals surface area contributed by atoms with Gasteiger partial charge in [0.1, 0.15) is 12.4 Å². The number of rotatable bonds is 5. The van der Waals surface area contributed by atoms with E-state index in [0.29, 0.717) is 5.75 Å². The normalized spacial score (nSPS) is 10.8. The van der Waals surface area contributed by atoms with Crippen LogP contribution in [0.3, 0.4) is 0 Å². The molecule has 0 aliphatic carbocycles. The number of hydrogen-bond acceptors (Lipinski definition) is 4. The average Bonchev–Trinajstić information content (AvgIpc) is 2.59. The Morgan fingerprint density at radius 2 is 1.52 bits per heavy atom. The third-order valence-electron chi connectivity index (χ3n) is 3.39. The Balaban J connectivity index is 1.76. The first-order valence-electron chi connectivity index (χ1n) is 8.14. The van der Waals surface area contributed by atoms with Crippen molar-refractivity contribution in [2.75, 3.05) is 13.2 Å². The van der Waals surface area contributed by atoms with Crippen molar-refractivity contribution in [1.29, 1.82) is 0 Å². The predicted molar refractivity (Wildman–Crippen MR) is 96.3 cm³/mol. The molecule has 2 rings (SSSR count). The molecule has 0 radical (unpaired) electrons. The number of esters is 1. The summed E-state index contributed by atoms with van der Waals surface area (Å²) in [6.07, 6.45) is -0.584. The molecule has 0 heterocycles. The maximum absolute atomic E-state index is 11.7. The molecule has 0 aromatic heterocycles. The van der Waals surface area contributed by atoms with Crippen LogP contribution in [-0.2, 0) is 9.53 Å². The van der Waals surface area contributed by atoms with Crippen LogP contribution in [0.4, 0.5) is 4.79 Å². The predicted octanol–water partition coefficient (Wildman–Crippen LogP) is 4.03. The van der Waals surface area contributed by atoms with Gasteiger partial charge >= 0.3 is 12.1 Å². The molecular formula is C20H23NO4. The molecule has 0 atom stereocenters. The van der Waals surface area contributed by atoms with Crippen LogP contribution in [-0.4, -0.2) is 25.2 Å². The molecule has 1 amide bonds. The van der Waals surface area contributed by atoms with Gasteiger partial charge in [-0.2, -0.15) is 0 Å². The van der Waals surface area contributed by atoms with Crippen LogP contribution in [0.25, 0.3) is 11.1 Å². The van der Waals surface area contributed by atoms with E-state index in [1.54, 1.807) is 32.9 Å². The van der Waals surface area contributed by atoms with E-state index in [1.807, 2.05) is 42.5 Å². The molecule has 0 spiro atoms. The Morgan fingerprint density at radius 1 is 0.920 bits per heavy atom. The smallest absolute Gasteiger partial charge is 0.412 e. The number of carbonyl (C=O) groups is 2. The summed E-state index contributed by atoms with van der Waals surface area (Å²) in [5, 5.41) is 2.55. The van der Waals surface area contributed by atoms with E-state index in [2.05, 4.69) is 5.32 Å². The minimum atomic E-state index is -0.584. The summed E-state index contributed by atoms with van der Waals surface area (Å²) in [6.45, 7) is 5.63. The fraction of sp³-hybridized carbons (Fsp3) is 0.300. The molecule has 5 heteroatoms. The Labute approximate surface area is 148 Å². The van der Waals surface area contributed by atoms with Crippen LogP contribution in [0, 0.1) is 5.41 Å². The molecule has 0 aliphatic heterocycles. The second-order valence-corrected chi connectivity index (χ2v) is 6.59. The molecule has 0 unspecified atom stereocenters. The van der Waals surface area contributed by atoms with Gasteiger partial charge in [-0.25, -0.2) is 4.79 Å². The van der Waals surface area contributed by atoms with Gasteiger partial charge in [-0.1, -0.05) is 42.5 Å². The molecule has 0 saturated heterocycles. The lowest BCUT2D eigenvalue weighted by Gasteiger charge is -2.16. The highest BCUT2D eigenvalue weighted by molar-refractivity contribution is 5.75. The van der Waals surface area contributed by atoms with Crippen LogP contribution in [0.1, 0.15) is 20.8 Å². The van der Waals surface area contributed by atoms with Gasteiger partial charge in [0, 0.05) is 0 Å². The van der Waals surface area contributed by atoms with Gasteiger partial charge in [0.15, 0.2) is 0 Å². The van der Waals surface area contributed by atoms with Crippen molar-refractivity contribution in [2.45, 2.75) is 20.8 Å². The molecule has 0 aliphatic rings. The first-order chi connectivity index (χ1) is 11.9. The minimum absolute atomic E-state index is 0.109. The van der Waals surface area contributed by atoms with E-state index in [-0.39, 0.29) is 19.1 Å². The lowest BCUT2D eigenvalue weighted by Crippen LogP contribution is -2.32.